The predicted octanol–water partition coefficient (Wildman–Crippen LogP) is 4.19. The molecule has 0 heterocycles. The van der Waals surface area contributed by atoms with Gasteiger partial charge in [-0.3, -0.25) is 4.79 Å². The van der Waals surface area contributed by atoms with Gasteiger partial charge in [-0.2, -0.15) is 0 Å². The molecule has 0 fully saturated rings. The van der Waals surface area contributed by atoms with Crippen molar-refractivity contribution >= 4 is 49.1 Å². The number of amides is 1. The van der Waals surface area contributed by atoms with Crippen LogP contribution >= 0.6 is 31.9 Å². The van der Waals surface area contributed by atoms with Crippen molar-refractivity contribution in [3.05, 3.63) is 50.7 Å². The van der Waals surface area contributed by atoms with Gasteiger partial charge in [-0.25, -0.2) is 4.39 Å². The number of anilines is 2. The van der Waals surface area contributed by atoms with Crippen molar-refractivity contribution < 1.29 is 13.9 Å². The number of nitrogens with two attached hydrogens (primary N) is 1. The highest BCUT2D eigenvalue weighted by Gasteiger charge is 2.16. The van der Waals surface area contributed by atoms with Crippen molar-refractivity contribution in [3.8, 4) is 5.75 Å². The van der Waals surface area contributed by atoms with Crippen LogP contribution in [0.3, 0.4) is 0 Å². The molecule has 1 amide bonds. The number of methoxy groups -OCH3 is 1. The lowest BCUT2D eigenvalue weighted by Crippen LogP contribution is -2.14. The van der Waals surface area contributed by atoms with Crippen LogP contribution in [0.2, 0.25) is 0 Å². The SMILES string of the molecule is COc1ccc(C(=O)Nc2c(Br)cc(N)cc2Br)c(F)c1. The number of benzene rings is 2. The standard InChI is InChI=1S/C14H11Br2FN2O2/c1-21-8-2-3-9(12(17)6-8)14(20)19-13-10(15)4-7(18)5-11(13)16/h2-6H,18H2,1H3,(H,19,20). The molecule has 0 aromatic heterocycles. The van der Waals surface area contributed by atoms with E-state index in [1.165, 1.54) is 19.2 Å². The molecule has 2 aromatic carbocycles. The van der Waals surface area contributed by atoms with Gasteiger partial charge in [0.2, 0.25) is 0 Å². The molecule has 0 saturated carbocycles. The number of hydrogen-bond acceptors (Lipinski definition) is 3. The lowest BCUT2D eigenvalue weighted by molar-refractivity contribution is 0.102. The molecule has 3 N–H and O–H groups in total. The molecule has 0 atom stereocenters. The maximum absolute atomic E-state index is 13.9. The van der Waals surface area contributed by atoms with Gasteiger partial charge in [-0.1, -0.05) is 0 Å². The number of nitrogens with one attached hydrogen (secondary N) is 1. The number of halogens is 3. The molecule has 0 unspecified atom stereocenters. The Hall–Kier alpha value is -1.60. The van der Waals surface area contributed by atoms with Crippen LogP contribution in [0.25, 0.3) is 0 Å². The molecular formula is C14H11Br2FN2O2. The Morgan fingerprint density at radius 2 is 1.86 bits per heavy atom. The maximum atomic E-state index is 13.9. The molecule has 0 saturated heterocycles. The van der Waals surface area contributed by atoms with E-state index in [2.05, 4.69) is 37.2 Å². The second-order valence-electron chi connectivity index (χ2n) is 4.16. The molecule has 2 rings (SSSR count). The van der Waals surface area contributed by atoms with Gasteiger partial charge in [0.15, 0.2) is 0 Å². The first kappa shape index (κ1) is 15.8. The normalized spacial score (nSPS) is 10.3. The van der Waals surface area contributed by atoms with Crippen LogP contribution in [0.5, 0.6) is 5.75 Å². The van der Waals surface area contributed by atoms with Gasteiger partial charge >= 0.3 is 0 Å². The minimum atomic E-state index is -0.658. The Bertz CT molecular complexity index is 684. The van der Waals surface area contributed by atoms with E-state index in [0.717, 1.165) is 6.07 Å². The van der Waals surface area contributed by atoms with E-state index in [4.69, 9.17) is 10.5 Å². The van der Waals surface area contributed by atoms with E-state index < -0.39 is 11.7 Å². The van der Waals surface area contributed by atoms with Crippen molar-refractivity contribution in [1.29, 1.82) is 0 Å². The number of ether oxygens (including phenoxy) is 1. The molecule has 0 spiro atoms. The van der Waals surface area contributed by atoms with E-state index in [-0.39, 0.29) is 5.56 Å². The van der Waals surface area contributed by atoms with Crippen molar-refractivity contribution in [3.63, 3.8) is 0 Å². The molecule has 21 heavy (non-hydrogen) atoms. The summed E-state index contributed by atoms with van der Waals surface area (Å²) in [5.41, 5.74) is 6.61. The molecule has 7 heteroatoms. The van der Waals surface area contributed by atoms with Crippen molar-refractivity contribution in [2.45, 2.75) is 0 Å². The smallest absolute Gasteiger partial charge is 0.258 e. The minimum Gasteiger partial charge on any atom is -0.497 e. The summed E-state index contributed by atoms with van der Waals surface area (Å²) in [6.45, 7) is 0. The predicted molar refractivity (Wildman–Crippen MR) is 87.2 cm³/mol. The number of nitrogen functional groups attached to an aromatic ring is 1. The van der Waals surface area contributed by atoms with E-state index in [1.54, 1.807) is 12.1 Å². The Balaban J connectivity index is 2.30. The number of carbonyl (C=O) groups excluding carboxylic acids is 1. The average molecular weight is 418 g/mol. The number of rotatable bonds is 3. The Morgan fingerprint density at radius 1 is 1.24 bits per heavy atom. The highest BCUT2D eigenvalue weighted by Crippen LogP contribution is 2.34. The third-order valence-electron chi connectivity index (χ3n) is 2.72. The van der Waals surface area contributed by atoms with E-state index in [9.17, 15) is 9.18 Å². The zero-order valence-corrected chi connectivity index (χ0v) is 14.1. The second-order valence-corrected chi connectivity index (χ2v) is 5.87. The lowest BCUT2D eigenvalue weighted by Gasteiger charge is -2.11. The lowest BCUT2D eigenvalue weighted by atomic mass is 10.2. The van der Waals surface area contributed by atoms with Crippen LogP contribution in [0, 0.1) is 5.82 Å². The first-order valence-corrected chi connectivity index (χ1v) is 7.40. The minimum absolute atomic E-state index is 0.0774. The molecule has 110 valence electrons. The maximum Gasteiger partial charge on any atom is 0.258 e. The van der Waals surface area contributed by atoms with Gasteiger partial charge in [-0.05, 0) is 56.1 Å². The number of carbonyl (C=O) groups is 1. The topological polar surface area (TPSA) is 64.3 Å². The average Bonchev–Trinajstić information content (AvgIpc) is 2.42. The third-order valence-corrected chi connectivity index (χ3v) is 3.97. The first-order chi connectivity index (χ1) is 9.92. The fourth-order valence-electron chi connectivity index (χ4n) is 1.70. The van der Waals surface area contributed by atoms with Gasteiger partial charge in [0.05, 0.1) is 18.4 Å². The largest absolute Gasteiger partial charge is 0.497 e. The molecule has 0 radical (unpaired) electrons. The Kier molecular flexibility index (Phi) is 4.84. The van der Waals surface area contributed by atoms with Gasteiger partial charge in [0.25, 0.3) is 5.91 Å². The van der Waals surface area contributed by atoms with Gasteiger partial charge in [0, 0.05) is 20.7 Å². The highest BCUT2D eigenvalue weighted by atomic mass is 79.9. The fraction of sp³-hybridized carbons (Fsp3) is 0.0714. The van der Waals surface area contributed by atoms with Crippen LogP contribution < -0.4 is 15.8 Å². The summed E-state index contributed by atoms with van der Waals surface area (Å²) in [5.74, 6) is -0.880. The summed E-state index contributed by atoms with van der Waals surface area (Å²) in [5, 5.41) is 2.63. The molecule has 0 bridgehead atoms. The van der Waals surface area contributed by atoms with E-state index >= 15 is 0 Å². The number of hydrogen-bond donors (Lipinski definition) is 2. The van der Waals surface area contributed by atoms with Crippen LogP contribution in [-0.2, 0) is 0 Å². The quantitative estimate of drug-likeness (QED) is 0.735. The summed E-state index contributed by atoms with van der Waals surface area (Å²) in [7, 11) is 1.43. The van der Waals surface area contributed by atoms with E-state index in [1.807, 2.05) is 0 Å². The summed E-state index contributed by atoms with van der Waals surface area (Å²) < 4.78 is 20.0. The molecule has 2 aromatic rings. The zero-order valence-electron chi connectivity index (χ0n) is 10.9. The van der Waals surface area contributed by atoms with Gasteiger partial charge in [-0.15, -0.1) is 0 Å². The fourth-order valence-corrected chi connectivity index (χ4v) is 3.12. The van der Waals surface area contributed by atoms with Gasteiger partial charge in [0.1, 0.15) is 11.6 Å². The molecule has 0 aliphatic rings. The summed E-state index contributed by atoms with van der Waals surface area (Å²) >= 11 is 6.60. The van der Waals surface area contributed by atoms with Crippen LogP contribution in [-0.4, -0.2) is 13.0 Å². The van der Waals surface area contributed by atoms with Crippen molar-refractivity contribution in [2.75, 3.05) is 18.2 Å². The van der Waals surface area contributed by atoms with Crippen molar-refractivity contribution in [1.82, 2.24) is 0 Å². The summed E-state index contributed by atoms with van der Waals surface area (Å²) in [6.07, 6.45) is 0. The summed E-state index contributed by atoms with van der Waals surface area (Å²) in [6, 6.07) is 7.32. The van der Waals surface area contributed by atoms with Crippen LogP contribution in [0.15, 0.2) is 39.3 Å². The van der Waals surface area contributed by atoms with Crippen LogP contribution in [0.4, 0.5) is 15.8 Å². The second kappa shape index (κ2) is 6.44. The molecule has 0 aliphatic carbocycles. The van der Waals surface area contributed by atoms with E-state index in [0.29, 0.717) is 26.1 Å². The molecule has 4 nitrogen and oxygen atoms in total. The molecular weight excluding hydrogens is 407 g/mol. The third kappa shape index (κ3) is 3.54. The van der Waals surface area contributed by atoms with Crippen LogP contribution in [0.1, 0.15) is 10.4 Å². The van der Waals surface area contributed by atoms with Gasteiger partial charge < -0.3 is 15.8 Å². The highest BCUT2D eigenvalue weighted by molar-refractivity contribution is 9.11. The Morgan fingerprint density at radius 3 is 2.38 bits per heavy atom. The monoisotopic (exact) mass is 416 g/mol. The first-order valence-electron chi connectivity index (χ1n) is 5.81. The Labute approximate surface area is 137 Å². The van der Waals surface area contributed by atoms with Crippen molar-refractivity contribution in [2.24, 2.45) is 0 Å². The molecule has 0 aliphatic heterocycles. The summed E-state index contributed by atoms with van der Waals surface area (Å²) in [4.78, 5) is 12.2. The zero-order chi connectivity index (χ0) is 15.6.